The quantitative estimate of drug-likeness (QED) is 0.728. The molecule has 1 aromatic carbocycles. The summed E-state index contributed by atoms with van der Waals surface area (Å²) < 4.78 is 0. The number of halogens is 1. The molecule has 0 unspecified atom stereocenters. The Kier molecular flexibility index (Phi) is 2.28. The van der Waals surface area contributed by atoms with Gasteiger partial charge in [-0.3, -0.25) is 0 Å². The van der Waals surface area contributed by atoms with Crippen molar-refractivity contribution in [3.05, 3.63) is 34.0 Å². The molecule has 0 aliphatic heterocycles. The van der Waals surface area contributed by atoms with Gasteiger partial charge in [0.1, 0.15) is 0 Å². The minimum atomic E-state index is 0.813. The van der Waals surface area contributed by atoms with Gasteiger partial charge in [-0.25, -0.2) is 0 Å². The molecule has 0 saturated carbocycles. The molecule has 1 aromatic heterocycles. The van der Waals surface area contributed by atoms with E-state index in [0.29, 0.717) is 0 Å². The largest absolute Gasteiger partial charge is 0.357 e. The molecule has 2 heteroatoms. The van der Waals surface area contributed by atoms with E-state index < -0.39 is 0 Å². The van der Waals surface area contributed by atoms with E-state index in [0.717, 1.165) is 17.0 Å². The number of hydrogen-bond acceptors (Lipinski definition) is 0. The van der Waals surface area contributed by atoms with Crippen LogP contribution in [0.5, 0.6) is 0 Å². The fourth-order valence-electron chi connectivity index (χ4n) is 2.08. The number of benzene rings is 1. The van der Waals surface area contributed by atoms with Gasteiger partial charge >= 0.3 is 0 Å². The molecule has 0 fully saturated rings. The van der Waals surface area contributed by atoms with E-state index in [9.17, 15) is 0 Å². The van der Waals surface area contributed by atoms with E-state index in [1.807, 2.05) is 6.07 Å². The Hall–Kier alpha value is -0.950. The summed E-state index contributed by atoms with van der Waals surface area (Å²) in [5.41, 5.74) is 5.00. The van der Waals surface area contributed by atoms with E-state index in [4.69, 9.17) is 11.6 Å². The summed E-state index contributed by atoms with van der Waals surface area (Å²) >= 11 is 6.14. The second-order valence-corrected chi connectivity index (χ2v) is 4.10. The second kappa shape index (κ2) is 3.32. The Balaban J connectivity index is 2.93. The van der Waals surface area contributed by atoms with Crippen LogP contribution in [0.25, 0.3) is 10.9 Å². The first-order valence-electron chi connectivity index (χ1n) is 4.91. The standard InChI is InChI=1S/C12H14ClN/c1-4-9-8(3)14-12-10(13)6-5-7(2)11(9)12/h5-6,14H,4H2,1-3H3. The summed E-state index contributed by atoms with van der Waals surface area (Å²) in [6.45, 7) is 6.41. The molecular weight excluding hydrogens is 194 g/mol. The zero-order valence-corrected chi connectivity index (χ0v) is 9.50. The molecule has 14 heavy (non-hydrogen) atoms. The summed E-state index contributed by atoms with van der Waals surface area (Å²) in [6, 6.07) is 4.03. The highest BCUT2D eigenvalue weighted by molar-refractivity contribution is 6.35. The van der Waals surface area contributed by atoms with Gasteiger partial charge < -0.3 is 4.98 Å². The third-order valence-corrected chi connectivity index (χ3v) is 3.10. The molecule has 0 aliphatic rings. The molecule has 2 rings (SSSR count). The molecule has 0 amide bonds. The normalized spacial score (nSPS) is 11.1. The van der Waals surface area contributed by atoms with Gasteiger partial charge in [0.2, 0.25) is 0 Å². The van der Waals surface area contributed by atoms with Gasteiger partial charge in [-0.1, -0.05) is 24.6 Å². The van der Waals surface area contributed by atoms with Crippen molar-refractivity contribution in [2.75, 3.05) is 0 Å². The average Bonchev–Trinajstić information content (AvgIpc) is 2.50. The third kappa shape index (κ3) is 1.24. The number of aryl methyl sites for hydroxylation is 3. The average molecular weight is 208 g/mol. The van der Waals surface area contributed by atoms with E-state index in [2.05, 4.69) is 31.8 Å². The van der Waals surface area contributed by atoms with Gasteiger partial charge in [0.15, 0.2) is 0 Å². The maximum Gasteiger partial charge on any atom is 0.0650 e. The van der Waals surface area contributed by atoms with Crippen LogP contribution >= 0.6 is 11.6 Å². The van der Waals surface area contributed by atoms with Crippen molar-refractivity contribution in [1.29, 1.82) is 0 Å². The van der Waals surface area contributed by atoms with Crippen LogP contribution in [-0.4, -0.2) is 4.98 Å². The molecule has 1 nitrogen and oxygen atoms in total. The van der Waals surface area contributed by atoms with E-state index in [1.54, 1.807) is 0 Å². The molecule has 0 spiro atoms. The van der Waals surface area contributed by atoms with Crippen molar-refractivity contribution in [2.45, 2.75) is 27.2 Å². The van der Waals surface area contributed by atoms with Crippen LogP contribution < -0.4 is 0 Å². The van der Waals surface area contributed by atoms with Crippen molar-refractivity contribution in [1.82, 2.24) is 4.98 Å². The monoisotopic (exact) mass is 207 g/mol. The Morgan fingerprint density at radius 2 is 2.00 bits per heavy atom. The molecule has 0 aliphatic carbocycles. The Morgan fingerprint density at radius 1 is 1.29 bits per heavy atom. The van der Waals surface area contributed by atoms with Crippen LogP contribution in [0.1, 0.15) is 23.7 Å². The van der Waals surface area contributed by atoms with Crippen molar-refractivity contribution < 1.29 is 0 Å². The van der Waals surface area contributed by atoms with Gasteiger partial charge in [0.25, 0.3) is 0 Å². The van der Waals surface area contributed by atoms with Gasteiger partial charge in [-0.15, -0.1) is 0 Å². The van der Waals surface area contributed by atoms with Crippen molar-refractivity contribution in [3.8, 4) is 0 Å². The fraction of sp³-hybridized carbons (Fsp3) is 0.333. The molecule has 2 aromatic rings. The lowest BCUT2D eigenvalue weighted by Crippen LogP contribution is -1.83. The van der Waals surface area contributed by atoms with Crippen molar-refractivity contribution >= 4 is 22.5 Å². The van der Waals surface area contributed by atoms with Crippen LogP contribution in [0.4, 0.5) is 0 Å². The van der Waals surface area contributed by atoms with Crippen LogP contribution in [0.2, 0.25) is 5.02 Å². The molecule has 0 radical (unpaired) electrons. The van der Waals surface area contributed by atoms with Gasteiger partial charge in [0, 0.05) is 11.1 Å². The highest BCUT2D eigenvalue weighted by Gasteiger charge is 2.10. The zero-order chi connectivity index (χ0) is 10.3. The minimum Gasteiger partial charge on any atom is -0.357 e. The predicted molar refractivity (Wildman–Crippen MR) is 62.2 cm³/mol. The Labute approximate surface area is 89.1 Å². The number of fused-ring (bicyclic) bond motifs is 1. The summed E-state index contributed by atoms with van der Waals surface area (Å²) in [4.78, 5) is 3.36. The Morgan fingerprint density at radius 3 is 2.64 bits per heavy atom. The van der Waals surface area contributed by atoms with Gasteiger partial charge in [0.05, 0.1) is 10.5 Å². The van der Waals surface area contributed by atoms with E-state index in [-0.39, 0.29) is 0 Å². The number of H-pyrrole nitrogens is 1. The van der Waals surface area contributed by atoms with Gasteiger partial charge in [-0.2, -0.15) is 0 Å². The van der Waals surface area contributed by atoms with Crippen LogP contribution in [-0.2, 0) is 6.42 Å². The number of aromatic nitrogens is 1. The third-order valence-electron chi connectivity index (χ3n) is 2.78. The maximum absolute atomic E-state index is 6.14. The molecule has 1 heterocycles. The van der Waals surface area contributed by atoms with E-state index in [1.165, 1.54) is 22.2 Å². The first kappa shape index (κ1) is 9.60. The highest BCUT2D eigenvalue weighted by Crippen LogP contribution is 2.30. The smallest absolute Gasteiger partial charge is 0.0650 e. The highest BCUT2D eigenvalue weighted by atomic mass is 35.5. The lowest BCUT2D eigenvalue weighted by molar-refractivity contribution is 1.11. The molecule has 74 valence electrons. The zero-order valence-electron chi connectivity index (χ0n) is 8.74. The molecule has 0 saturated heterocycles. The van der Waals surface area contributed by atoms with Crippen LogP contribution in [0, 0.1) is 13.8 Å². The summed E-state index contributed by atoms with van der Waals surface area (Å²) in [6.07, 6.45) is 1.05. The first-order valence-corrected chi connectivity index (χ1v) is 5.29. The number of rotatable bonds is 1. The topological polar surface area (TPSA) is 15.8 Å². The first-order chi connectivity index (χ1) is 6.65. The summed E-state index contributed by atoms with van der Waals surface area (Å²) in [5, 5.41) is 2.12. The van der Waals surface area contributed by atoms with E-state index >= 15 is 0 Å². The maximum atomic E-state index is 6.14. The van der Waals surface area contributed by atoms with Gasteiger partial charge in [-0.05, 0) is 37.5 Å². The second-order valence-electron chi connectivity index (χ2n) is 3.70. The molecule has 0 bridgehead atoms. The minimum absolute atomic E-state index is 0.813. The van der Waals surface area contributed by atoms with Crippen molar-refractivity contribution in [3.63, 3.8) is 0 Å². The number of nitrogens with one attached hydrogen (secondary N) is 1. The number of hydrogen-bond donors (Lipinski definition) is 1. The van der Waals surface area contributed by atoms with Crippen molar-refractivity contribution in [2.24, 2.45) is 0 Å². The molecule has 0 atom stereocenters. The molecule has 1 N–H and O–H groups in total. The number of aromatic amines is 1. The Bertz CT molecular complexity index is 483. The lowest BCUT2D eigenvalue weighted by atomic mass is 10.0. The van der Waals surface area contributed by atoms with Crippen LogP contribution in [0.3, 0.4) is 0 Å². The van der Waals surface area contributed by atoms with Crippen LogP contribution in [0.15, 0.2) is 12.1 Å². The summed E-state index contributed by atoms with van der Waals surface area (Å²) in [5.74, 6) is 0. The lowest BCUT2D eigenvalue weighted by Gasteiger charge is -2.00. The molecular formula is C12H14ClN. The fourth-order valence-corrected chi connectivity index (χ4v) is 2.29. The predicted octanol–water partition coefficient (Wildman–Crippen LogP) is 4.00. The SMILES string of the molecule is CCc1c(C)[nH]c2c(Cl)ccc(C)c12. The summed E-state index contributed by atoms with van der Waals surface area (Å²) in [7, 11) is 0.